The average molecular weight is 289 g/mol. The highest BCUT2D eigenvalue weighted by Crippen LogP contribution is 2.18. The largest absolute Gasteiger partial charge is 0.319 e. The summed E-state index contributed by atoms with van der Waals surface area (Å²) < 4.78 is 15.0. The molecule has 0 bridgehead atoms. The van der Waals surface area contributed by atoms with Gasteiger partial charge in [0.2, 0.25) is 0 Å². The van der Waals surface area contributed by atoms with Crippen molar-refractivity contribution in [3.8, 4) is 0 Å². The molecular formula is C17H24FN3. The van der Waals surface area contributed by atoms with Crippen molar-refractivity contribution in [3.05, 3.63) is 52.6 Å². The topological polar surface area (TPSA) is 29.9 Å². The maximum atomic E-state index is 13.0. The van der Waals surface area contributed by atoms with Crippen LogP contribution in [-0.4, -0.2) is 23.4 Å². The predicted octanol–water partition coefficient (Wildman–Crippen LogP) is 3.09. The van der Waals surface area contributed by atoms with E-state index in [-0.39, 0.29) is 5.82 Å². The Bertz CT molecular complexity index is 587. The van der Waals surface area contributed by atoms with Crippen LogP contribution in [-0.2, 0) is 13.0 Å². The SMILES string of the molecule is CNCC(C)Cc1c(C)nn(Cc2ccc(F)cc2)c1C. The van der Waals surface area contributed by atoms with Crippen LogP contribution in [0.3, 0.4) is 0 Å². The summed E-state index contributed by atoms with van der Waals surface area (Å²) >= 11 is 0. The van der Waals surface area contributed by atoms with Gasteiger partial charge in [-0.15, -0.1) is 0 Å². The second kappa shape index (κ2) is 6.85. The normalized spacial score (nSPS) is 12.6. The van der Waals surface area contributed by atoms with E-state index in [0.717, 1.165) is 24.2 Å². The zero-order valence-electron chi connectivity index (χ0n) is 13.3. The molecule has 0 spiro atoms. The number of halogens is 1. The highest BCUT2D eigenvalue weighted by molar-refractivity contribution is 5.26. The third kappa shape index (κ3) is 3.91. The van der Waals surface area contributed by atoms with Gasteiger partial charge in [0.1, 0.15) is 5.82 Å². The van der Waals surface area contributed by atoms with Crippen LogP contribution in [0.15, 0.2) is 24.3 Å². The number of hydrogen-bond acceptors (Lipinski definition) is 2. The van der Waals surface area contributed by atoms with E-state index >= 15 is 0 Å². The Labute approximate surface area is 126 Å². The van der Waals surface area contributed by atoms with Gasteiger partial charge in [-0.3, -0.25) is 4.68 Å². The summed E-state index contributed by atoms with van der Waals surface area (Å²) in [5.74, 6) is 0.379. The lowest BCUT2D eigenvalue weighted by Crippen LogP contribution is -2.18. The second-order valence-electron chi connectivity index (χ2n) is 5.80. The maximum Gasteiger partial charge on any atom is 0.123 e. The Morgan fingerprint density at radius 2 is 1.90 bits per heavy atom. The lowest BCUT2D eigenvalue weighted by atomic mass is 9.99. The zero-order chi connectivity index (χ0) is 15.4. The van der Waals surface area contributed by atoms with Crippen molar-refractivity contribution in [2.45, 2.75) is 33.7 Å². The molecule has 0 aliphatic carbocycles. The van der Waals surface area contributed by atoms with Crippen molar-refractivity contribution in [2.24, 2.45) is 5.92 Å². The molecule has 3 nitrogen and oxygen atoms in total. The van der Waals surface area contributed by atoms with E-state index in [0.29, 0.717) is 12.5 Å². The first kappa shape index (κ1) is 15.7. The highest BCUT2D eigenvalue weighted by Gasteiger charge is 2.14. The van der Waals surface area contributed by atoms with Crippen LogP contribution >= 0.6 is 0 Å². The Morgan fingerprint density at radius 3 is 2.52 bits per heavy atom. The summed E-state index contributed by atoms with van der Waals surface area (Å²) in [6.45, 7) is 8.11. The monoisotopic (exact) mass is 289 g/mol. The smallest absolute Gasteiger partial charge is 0.123 e. The van der Waals surface area contributed by atoms with Crippen LogP contribution in [0.2, 0.25) is 0 Å². The third-order valence-corrected chi connectivity index (χ3v) is 3.88. The van der Waals surface area contributed by atoms with Gasteiger partial charge in [0.25, 0.3) is 0 Å². The third-order valence-electron chi connectivity index (χ3n) is 3.88. The number of aryl methyl sites for hydroxylation is 1. The number of rotatable bonds is 6. The summed E-state index contributed by atoms with van der Waals surface area (Å²) in [7, 11) is 1.98. The van der Waals surface area contributed by atoms with E-state index in [1.54, 1.807) is 0 Å². The van der Waals surface area contributed by atoms with Gasteiger partial charge < -0.3 is 5.32 Å². The van der Waals surface area contributed by atoms with Gasteiger partial charge in [0.05, 0.1) is 12.2 Å². The molecule has 0 fully saturated rings. The lowest BCUT2D eigenvalue weighted by Gasteiger charge is -2.11. The molecule has 1 N–H and O–H groups in total. The van der Waals surface area contributed by atoms with E-state index in [9.17, 15) is 4.39 Å². The molecule has 1 aromatic heterocycles. The highest BCUT2D eigenvalue weighted by atomic mass is 19.1. The summed E-state index contributed by atoms with van der Waals surface area (Å²) in [5.41, 5.74) is 4.70. The van der Waals surface area contributed by atoms with E-state index in [2.05, 4.69) is 31.2 Å². The summed E-state index contributed by atoms with van der Waals surface area (Å²) in [6, 6.07) is 6.62. The fraction of sp³-hybridized carbons (Fsp3) is 0.471. The van der Waals surface area contributed by atoms with Gasteiger partial charge in [-0.05, 0) is 63.0 Å². The Kier molecular flexibility index (Phi) is 5.12. The second-order valence-corrected chi connectivity index (χ2v) is 5.80. The summed E-state index contributed by atoms with van der Waals surface area (Å²) in [6.07, 6.45) is 1.03. The van der Waals surface area contributed by atoms with Crippen molar-refractivity contribution in [1.82, 2.24) is 15.1 Å². The molecule has 0 saturated heterocycles. The summed E-state index contributed by atoms with van der Waals surface area (Å²) in [4.78, 5) is 0. The van der Waals surface area contributed by atoms with Crippen LogP contribution in [0.1, 0.15) is 29.4 Å². The van der Waals surface area contributed by atoms with Crippen molar-refractivity contribution in [1.29, 1.82) is 0 Å². The van der Waals surface area contributed by atoms with E-state index < -0.39 is 0 Å². The molecule has 1 atom stereocenters. The number of nitrogens with zero attached hydrogens (tertiary/aromatic N) is 2. The van der Waals surface area contributed by atoms with Crippen molar-refractivity contribution >= 4 is 0 Å². The molecule has 0 saturated carbocycles. The molecule has 21 heavy (non-hydrogen) atoms. The summed E-state index contributed by atoms with van der Waals surface area (Å²) in [5, 5.41) is 7.86. The molecule has 0 radical (unpaired) electrons. The van der Waals surface area contributed by atoms with Crippen molar-refractivity contribution in [2.75, 3.05) is 13.6 Å². The standard InChI is InChI=1S/C17H24FN3/c1-12(10-19-4)9-17-13(2)20-21(14(17)3)11-15-5-7-16(18)8-6-15/h5-8,12,19H,9-11H2,1-4H3. The fourth-order valence-electron chi connectivity index (χ4n) is 2.72. The first-order valence-corrected chi connectivity index (χ1v) is 7.43. The van der Waals surface area contributed by atoms with E-state index in [1.165, 1.54) is 23.4 Å². The van der Waals surface area contributed by atoms with Gasteiger partial charge in [-0.2, -0.15) is 5.10 Å². The molecule has 0 aliphatic heterocycles. The molecule has 2 aromatic rings. The number of benzene rings is 1. The molecule has 0 amide bonds. The zero-order valence-corrected chi connectivity index (χ0v) is 13.3. The quantitative estimate of drug-likeness (QED) is 0.885. The molecule has 114 valence electrons. The fourth-order valence-corrected chi connectivity index (χ4v) is 2.72. The molecule has 0 aliphatic rings. The van der Waals surface area contributed by atoms with Crippen LogP contribution in [0.5, 0.6) is 0 Å². The maximum absolute atomic E-state index is 13.0. The minimum atomic E-state index is -0.200. The van der Waals surface area contributed by atoms with Crippen LogP contribution in [0.4, 0.5) is 4.39 Å². The first-order valence-electron chi connectivity index (χ1n) is 7.43. The average Bonchev–Trinajstić information content (AvgIpc) is 2.69. The van der Waals surface area contributed by atoms with E-state index in [1.807, 2.05) is 23.9 Å². The Balaban J connectivity index is 2.16. The molecule has 1 heterocycles. The molecular weight excluding hydrogens is 265 g/mol. The van der Waals surface area contributed by atoms with Gasteiger partial charge >= 0.3 is 0 Å². The lowest BCUT2D eigenvalue weighted by molar-refractivity contribution is 0.538. The van der Waals surface area contributed by atoms with Crippen LogP contribution in [0, 0.1) is 25.6 Å². The van der Waals surface area contributed by atoms with E-state index in [4.69, 9.17) is 0 Å². The molecule has 1 aromatic carbocycles. The van der Waals surface area contributed by atoms with Crippen molar-refractivity contribution < 1.29 is 4.39 Å². The Morgan fingerprint density at radius 1 is 1.24 bits per heavy atom. The Hall–Kier alpha value is -1.68. The molecule has 4 heteroatoms. The first-order chi connectivity index (χ1) is 10.0. The van der Waals surface area contributed by atoms with Crippen LogP contribution in [0.25, 0.3) is 0 Å². The minimum absolute atomic E-state index is 0.200. The molecule has 1 unspecified atom stereocenters. The predicted molar refractivity (Wildman–Crippen MR) is 84.0 cm³/mol. The number of nitrogens with one attached hydrogen (secondary N) is 1. The van der Waals surface area contributed by atoms with Gasteiger partial charge in [-0.25, -0.2) is 4.39 Å². The van der Waals surface area contributed by atoms with Gasteiger partial charge in [0.15, 0.2) is 0 Å². The molecule has 2 rings (SSSR count). The minimum Gasteiger partial charge on any atom is -0.319 e. The van der Waals surface area contributed by atoms with Crippen LogP contribution < -0.4 is 5.32 Å². The van der Waals surface area contributed by atoms with Crippen molar-refractivity contribution in [3.63, 3.8) is 0 Å². The van der Waals surface area contributed by atoms with Gasteiger partial charge in [-0.1, -0.05) is 19.1 Å². The number of aromatic nitrogens is 2. The van der Waals surface area contributed by atoms with Gasteiger partial charge in [0, 0.05) is 5.69 Å². The number of hydrogen-bond donors (Lipinski definition) is 1.